The number of nitrogens with one attached hydrogen (secondary N) is 1. The number of sulfone groups is 1. The summed E-state index contributed by atoms with van der Waals surface area (Å²) in [6, 6.07) is 5.53. The lowest BCUT2D eigenvalue weighted by atomic mass is 9.94. The van der Waals surface area contributed by atoms with Crippen LogP contribution < -0.4 is 5.32 Å². The first-order chi connectivity index (χ1) is 10.8. The average Bonchev–Trinajstić information content (AvgIpc) is 2.46. The van der Waals surface area contributed by atoms with E-state index < -0.39 is 20.9 Å². The first-order valence-corrected chi connectivity index (χ1v) is 9.67. The molecule has 2 atom stereocenters. The van der Waals surface area contributed by atoms with Crippen LogP contribution >= 0.6 is 0 Å². The van der Waals surface area contributed by atoms with Gasteiger partial charge in [0.2, 0.25) is 5.91 Å². The fourth-order valence-electron chi connectivity index (χ4n) is 3.19. The Morgan fingerprint density at radius 3 is 2.70 bits per heavy atom. The summed E-state index contributed by atoms with van der Waals surface area (Å²) in [6.45, 7) is 0.0766. The molecule has 0 aliphatic heterocycles. The molecule has 7 heteroatoms. The van der Waals surface area contributed by atoms with Gasteiger partial charge in [0.05, 0.1) is 11.8 Å². The van der Waals surface area contributed by atoms with Gasteiger partial charge in [-0.3, -0.25) is 9.69 Å². The lowest BCUT2D eigenvalue weighted by Gasteiger charge is -2.36. The van der Waals surface area contributed by atoms with Crippen molar-refractivity contribution in [3.05, 3.63) is 30.1 Å². The second-order valence-electron chi connectivity index (χ2n) is 6.19. The molecule has 0 heterocycles. The first-order valence-electron chi connectivity index (χ1n) is 7.72. The second kappa shape index (κ2) is 7.40. The minimum absolute atomic E-state index is 0.0766. The Morgan fingerprint density at radius 2 is 2.04 bits per heavy atom. The number of nitrogens with zero attached hydrogens (tertiary/aromatic N) is 1. The maximum Gasteiger partial charge on any atom is 0.238 e. The van der Waals surface area contributed by atoms with E-state index in [0.29, 0.717) is 12.1 Å². The molecule has 0 unspecified atom stereocenters. The van der Waals surface area contributed by atoms with Crippen LogP contribution in [0.4, 0.5) is 10.1 Å². The summed E-state index contributed by atoms with van der Waals surface area (Å²) in [5, 5.41) is 2.21. The number of benzene rings is 1. The van der Waals surface area contributed by atoms with E-state index in [0.717, 1.165) is 19.3 Å². The van der Waals surface area contributed by atoms with Crippen LogP contribution in [-0.2, 0) is 14.6 Å². The van der Waals surface area contributed by atoms with Gasteiger partial charge in [0.1, 0.15) is 5.82 Å². The molecular formula is C16H23FN2O3S. The van der Waals surface area contributed by atoms with Gasteiger partial charge in [-0.15, -0.1) is 0 Å². The molecule has 5 nitrogen and oxygen atoms in total. The van der Waals surface area contributed by atoms with Crippen LogP contribution in [0.1, 0.15) is 25.7 Å². The van der Waals surface area contributed by atoms with Crippen molar-refractivity contribution in [2.75, 3.05) is 25.2 Å². The van der Waals surface area contributed by atoms with Gasteiger partial charge in [0, 0.05) is 18.0 Å². The Hall–Kier alpha value is -1.47. The van der Waals surface area contributed by atoms with E-state index in [2.05, 4.69) is 5.32 Å². The zero-order valence-corrected chi connectivity index (χ0v) is 14.3. The van der Waals surface area contributed by atoms with Gasteiger partial charge in [0.15, 0.2) is 9.84 Å². The highest BCUT2D eigenvalue weighted by Gasteiger charge is 2.35. The minimum atomic E-state index is -3.14. The maximum absolute atomic E-state index is 13.1. The van der Waals surface area contributed by atoms with Crippen LogP contribution in [0.2, 0.25) is 0 Å². The van der Waals surface area contributed by atoms with Gasteiger partial charge in [-0.25, -0.2) is 12.8 Å². The highest BCUT2D eigenvalue weighted by molar-refractivity contribution is 7.91. The van der Waals surface area contributed by atoms with E-state index in [-0.39, 0.29) is 18.5 Å². The zero-order chi connectivity index (χ0) is 17.0. The Morgan fingerprint density at radius 1 is 1.35 bits per heavy atom. The van der Waals surface area contributed by atoms with E-state index in [1.165, 1.54) is 24.5 Å². The Balaban J connectivity index is 1.99. The largest absolute Gasteiger partial charge is 0.325 e. The molecule has 2 rings (SSSR count). The van der Waals surface area contributed by atoms with Crippen molar-refractivity contribution in [2.45, 2.75) is 37.0 Å². The standard InChI is InChI=1S/C16H23FN2O3S/c1-19(14-8-3-4-9-15(14)23(2,21)22)11-16(20)18-13-7-5-6-12(17)10-13/h5-7,10,14-15H,3-4,8-9,11H2,1-2H3,(H,18,20)/t14-,15-/m0/s1. The number of anilines is 1. The third kappa shape index (κ3) is 5.00. The fraction of sp³-hybridized carbons (Fsp3) is 0.562. The molecule has 0 radical (unpaired) electrons. The molecular weight excluding hydrogens is 319 g/mol. The Labute approximate surface area is 136 Å². The van der Waals surface area contributed by atoms with E-state index in [1.54, 1.807) is 18.0 Å². The zero-order valence-electron chi connectivity index (χ0n) is 13.5. The maximum atomic E-state index is 13.1. The molecule has 1 fully saturated rings. The van der Waals surface area contributed by atoms with Gasteiger partial charge in [-0.1, -0.05) is 18.9 Å². The highest BCUT2D eigenvalue weighted by atomic mass is 32.2. The predicted octanol–water partition coefficient (Wildman–Crippen LogP) is 2.05. The molecule has 1 aliphatic carbocycles. The van der Waals surface area contributed by atoms with Gasteiger partial charge < -0.3 is 5.32 Å². The second-order valence-corrected chi connectivity index (χ2v) is 8.46. The summed E-state index contributed by atoms with van der Waals surface area (Å²) in [4.78, 5) is 13.9. The van der Waals surface area contributed by atoms with Crippen molar-refractivity contribution in [1.29, 1.82) is 0 Å². The van der Waals surface area contributed by atoms with Gasteiger partial charge >= 0.3 is 0 Å². The van der Waals surface area contributed by atoms with Crippen molar-refractivity contribution in [2.24, 2.45) is 0 Å². The molecule has 1 amide bonds. The third-order valence-electron chi connectivity index (χ3n) is 4.29. The minimum Gasteiger partial charge on any atom is -0.325 e. The number of amides is 1. The van der Waals surface area contributed by atoms with Crippen molar-refractivity contribution in [1.82, 2.24) is 4.90 Å². The molecule has 1 N–H and O–H groups in total. The van der Waals surface area contributed by atoms with Crippen molar-refractivity contribution < 1.29 is 17.6 Å². The summed E-state index contributed by atoms with van der Waals surface area (Å²) in [5.41, 5.74) is 0.395. The quantitative estimate of drug-likeness (QED) is 0.889. The average molecular weight is 342 g/mol. The molecule has 0 bridgehead atoms. The van der Waals surface area contributed by atoms with Crippen LogP contribution in [0.3, 0.4) is 0 Å². The van der Waals surface area contributed by atoms with E-state index in [9.17, 15) is 17.6 Å². The van der Waals surface area contributed by atoms with Crippen molar-refractivity contribution >= 4 is 21.4 Å². The molecule has 1 saturated carbocycles. The van der Waals surface area contributed by atoms with Crippen LogP contribution in [-0.4, -0.2) is 50.4 Å². The third-order valence-corrected chi connectivity index (χ3v) is 5.93. The molecule has 0 saturated heterocycles. The predicted molar refractivity (Wildman–Crippen MR) is 88.5 cm³/mol. The number of halogens is 1. The molecule has 128 valence electrons. The fourth-order valence-corrected chi connectivity index (χ4v) is 4.70. The van der Waals surface area contributed by atoms with Crippen LogP contribution in [0.25, 0.3) is 0 Å². The summed E-state index contributed by atoms with van der Waals surface area (Å²) >= 11 is 0. The van der Waals surface area contributed by atoms with Crippen molar-refractivity contribution in [3.8, 4) is 0 Å². The topological polar surface area (TPSA) is 66.5 Å². The van der Waals surface area contributed by atoms with Crippen molar-refractivity contribution in [3.63, 3.8) is 0 Å². The van der Waals surface area contributed by atoms with Gasteiger partial charge in [-0.2, -0.15) is 0 Å². The summed E-state index contributed by atoms with van der Waals surface area (Å²) in [6.07, 6.45) is 4.53. The number of carbonyl (C=O) groups excluding carboxylic acids is 1. The Kier molecular flexibility index (Phi) is 5.75. The number of hydrogen-bond acceptors (Lipinski definition) is 4. The summed E-state index contributed by atoms with van der Waals surface area (Å²) in [5.74, 6) is -0.698. The molecule has 0 aromatic heterocycles. The number of likely N-dealkylation sites (N-methyl/N-ethyl adjacent to an activating group) is 1. The number of carbonyl (C=O) groups is 1. The van der Waals surface area contributed by atoms with E-state index in [1.807, 2.05) is 0 Å². The van der Waals surface area contributed by atoms with Crippen LogP contribution in [0, 0.1) is 5.82 Å². The summed E-state index contributed by atoms with van der Waals surface area (Å²) < 4.78 is 37.0. The smallest absolute Gasteiger partial charge is 0.238 e. The first kappa shape index (κ1) is 17.9. The molecule has 1 aromatic carbocycles. The normalized spacial score (nSPS) is 22.1. The lowest BCUT2D eigenvalue weighted by Crippen LogP contribution is -2.49. The molecule has 23 heavy (non-hydrogen) atoms. The summed E-state index contributed by atoms with van der Waals surface area (Å²) in [7, 11) is -1.38. The van der Waals surface area contributed by atoms with Crippen LogP contribution in [0.5, 0.6) is 0 Å². The van der Waals surface area contributed by atoms with Crippen LogP contribution in [0.15, 0.2) is 24.3 Å². The number of rotatable bonds is 5. The SMILES string of the molecule is CN(CC(=O)Nc1cccc(F)c1)[C@H]1CCCC[C@@H]1S(C)(=O)=O. The molecule has 1 aromatic rings. The monoisotopic (exact) mass is 342 g/mol. The van der Waals surface area contributed by atoms with Gasteiger partial charge in [-0.05, 0) is 38.1 Å². The molecule has 0 spiro atoms. The lowest BCUT2D eigenvalue weighted by molar-refractivity contribution is -0.117. The van der Waals surface area contributed by atoms with E-state index in [4.69, 9.17) is 0 Å². The number of hydrogen-bond donors (Lipinski definition) is 1. The highest BCUT2D eigenvalue weighted by Crippen LogP contribution is 2.27. The van der Waals surface area contributed by atoms with E-state index >= 15 is 0 Å². The molecule has 1 aliphatic rings. The Bertz CT molecular complexity index is 663. The van der Waals surface area contributed by atoms with Gasteiger partial charge in [0.25, 0.3) is 0 Å².